The van der Waals surface area contributed by atoms with Gasteiger partial charge in [0.2, 0.25) is 5.91 Å². The molecule has 0 saturated carbocycles. The van der Waals surface area contributed by atoms with Crippen LogP contribution < -0.4 is 15.4 Å². The average molecular weight is 297 g/mol. The van der Waals surface area contributed by atoms with Gasteiger partial charge in [0.05, 0.1) is 18.7 Å². The van der Waals surface area contributed by atoms with Gasteiger partial charge in [0.1, 0.15) is 5.75 Å². The van der Waals surface area contributed by atoms with Crippen molar-refractivity contribution < 1.29 is 9.53 Å². The van der Waals surface area contributed by atoms with Crippen LogP contribution in [-0.2, 0) is 4.79 Å². The molecule has 3 rings (SSSR count). The fraction of sp³-hybridized carbons (Fsp3) is 0.533. The number of fused-ring (bicyclic) bond motifs is 1. The van der Waals surface area contributed by atoms with Crippen molar-refractivity contribution in [1.82, 2.24) is 10.6 Å². The summed E-state index contributed by atoms with van der Waals surface area (Å²) in [5.41, 5.74) is 1.10. The highest BCUT2D eigenvalue weighted by Gasteiger charge is 2.26. The zero-order chi connectivity index (χ0) is 13.1. The topological polar surface area (TPSA) is 50.4 Å². The highest BCUT2D eigenvalue weighted by atomic mass is 35.5. The minimum absolute atomic E-state index is 0. The van der Waals surface area contributed by atoms with Crippen LogP contribution in [0.3, 0.4) is 0 Å². The van der Waals surface area contributed by atoms with E-state index in [1.807, 2.05) is 24.3 Å². The Morgan fingerprint density at radius 2 is 2.10 bits per heavy atom. The maximum Gasteiger partial charge on any atom is 0.237 e. The maximum absolute atomic E-state index is 12.3. The Kier molecular flexibility index (Phi) is 5.26. The molecular weight excluding hydrogens is 276 g/mol. The standard InChI is InChI=1S/C15H20N2O2.ClH/c18-15(13-6-3-4-9-16-13)17-12-8-10-19-14-7-2-1-5-11(12)14;/h1-2,5,7,12-13,16H,3-4,6,8-10H2,(H,17,18);1H. The SMILES string of the molecule is Cl.O=C(NC1CCOc2ccccc21)C1CCCCN1. The van der Waals surface area contributed by atoms with Crippen molar-refractivity contribution in [3.05, 3.63) is 29.8 Å². The molecule has 2 aliphatic heterocycles. The molecule has 0 aliphatic carbocycles. The summed E-state index contributed by atoms with van der Waals surface area (Å²) < 4.78 is 5.61. The molecule has 2 unspecified atom stereocenters. The number of hydrogen-bond donors (Lipinski definition) is 2. The molecule has 0 aromatic heterocycles. The van der Waals surface area contributed by atoms with Crippen LogP contribution in [0.15, 0.2) is 24.3 Å². The van der Waals surface area contributed by atoms with Crippen molar-refractivity contribution in [3.8, 4) is 5.75 Å². The lowest BCUT2D eigenvalue weighted by molar-refractivity contribution is -0.124. The summed E-state index contributed by atoms with van der Waals surface area (Å²) in [6, 6.07) is 8.02. The van der Waals surface area contributed by atoms with Crippen LogP contribution in [0.2, 0.25) is 0 Å². The first-order valence-electron chi connectivity index (χ1n) is 7.10. The minimum Gasteiger partial charge on any atom is -0.493 e. The third-order valence-corrected chi connectivity index (χ3v) is 3.90. The van der Waals surface area contributed by atoms with E-state index in [9.17, 15) is 4.79 Å². The predicted octanol–water partition coefficient (Wildman–Crippen LogP) is 2.19. The molecule has 2 atom stereocenters. The van der Waals surface area contributed by atoms with Crippen LogP contribution in [0.1, 0.15) is 37.3 Å². The normalized spacial score (nSPS) is 24.8. The molecule has 1 aromatic carbocycles. The second kappa shape index (κ2) is 6.95. The summed E-state index contributed by atoms with van der Waals surface area (Å²) in [7, 11) is 0. The van der Waals surface area contributed by atoms with E-state index >= 15 is 0 Å². The van der Waals surface area contributed by atoms with Crippen molar-refractivity contribution in [3.63, 3.8) is 0 Å². The molecule has 0 bridgehead atoms. The molecular formula is C15H21ClN2O2. The third kappa shape index (κ3) is 3.25. The van der Waals surface area contributed by atoms with E-state index in [1.165, 1.54) is 6.42 Å². The number of halogens is 1. The van der Waals surface area contributed by atoms with E-state index in [2.05, 4.69) is 10.6 Å². The maximum atomic E-state index is 12.3. The fourth-order valence-corrected chi connectivity index (χ4v) is 2.84. The van der Waals surface area contributed by atoms with Crippen molar-refractivity contribution in [2.24, 2.45) is 0 Å². The van der Waals surface area contributed by atoms with Gasteiger partial charge in [0, 0.05) is 12.0 Å². The van der Waals surface area contributed by atoms with E-state index < -0.39 is 0 Å². The molecule has 4 nitrogen and oxygen atoms in total. The Balaban J connectivity index is 0.00000147. The molecule has 0 spiro atoms. The van der Waals surface area contributed by atoms with Crippen LogP contribution in [0.5, 0.6) is 5.75 Å². The first-order chi connectivity index (χ1) is 9.34. The zero-order valence-corrected chi connectivity index (χ0v) is 12.2. The number of para-hydroxylation sites is 1. The Hall–Kier alpha value is -1.26. The highest BCUT2D eigenvalue weighted by Crippen LogP contribution is 2.31. The molecule has 2 aliphatic rings. The fourth-order valence-electron chi connectivity index (χ4n) is 2.84. The first kappa shape index (κ1) is 15.1. The number of carbonyl (C=O) groups is 1. The third-order valence-electron chi connectivity index (χ3n) is 3.90. The summed E-state index contributed by atoms with van der Waals surface area (Å²) in [6.45, 7) is 1.61. The number of hydrogen-bond acceptors (Lipinski definition) is 3. The van der Waals surface area contributed by atoms with Gasteiger partial charge in [-0.3, -0.25) is 4.79 Å². The van der Waals surface area contributed by atoms with Gasteiger partial charge in [-0.25, -0.2) is 0 Å². The Bertz CT molecular complexity index is 461. The quantitative estimate of drug-likeness (QED) is 0.879. The van der Waals surface area contributed by atoms with Crippen molar-refractivity contribution in [2.45, 2.75) is 37.8 Å². The molecule has 1 fully saturated rings. The molecule has 1 amide bonds. The largest absolute Gasteiger partial charge is 0.493 e. The number of carbonyl (C=O) groups excluding carboxylic acids is 1. The summed E-state index contributed by atoms with van der Waals surface area (Å²) in [4.78, 5) is 12.3. The lowest BCUT2D eigenvalue weighted by Crippen LogP contribution is -2.48. The summed E-state index contributed by atoms with van der Waals surface area (Å²) >= 11 is 0. The van der Waals surface area contributed by atoms with Gasteiger partial charge >= 0.3 is 0 Å². The minimum atomic E-state index is -0.0243. The molecule has 110 valence electrons. The number of piperidine rings is 1. The van der Waals surface area contributed by atoms with Crippen molar-refractivity contribution in [2.75, 3.05) is 13.2 Å². The number of rotatable bonds is 2. The molecule has 1 aromatic rings. The Morgan fingerprint density at radius 3 is 2.90 bits per heavy atom. The van der Waals surface area contributed by atoms with Gasteiger partial charge < -0.3 is 15.4 Å². The van der Waals surface area contributed by atoms with E-state index in [-0.39, 0.29) is 30.4 Å². The molecule has 20 heavy (non-hydrogen) atoms. The van der Waals surface area contributed by atoms with E-state index in [1.54, 1.807) is 0 Å². The summed E-state index contributed by atoms with van der Waals surface area (Å²) in [5.74, 6) is 1.03. The van der Waals surface area contributed by atoms with Gasteiger partial charge in [-0.2, -0.15) is 0 Å². The van der Waals surface area contributed by atoms with Gasteiger partial charge in [-0.15, -0.1) is 12.4 Å². The van der Waals surface area contributed by atoms with Gasteiger partial charge in [0.15, 0.2) is 0 Å². The van der Waals surface area contributed by atoms with E-state index in [0.717, 1.165) is 37.1 Å². The number of ether oxygens (including phenoxy) is 1. The Labute approximate surface area is 125 Å². The molecule has 5 heteroatoms. The number of nitrogens with one attached hydrogen (secondary N) is 2. The van der Waals surface area contributed by atoms with E-state index in [4.69, 9.17) is 4.74 Å². The van der Waals surface area contributed by atoms with Crippen LogP contribution in [0, 0.1) is 0 Å². The molecule has 2 heterocycles. The van der Waals surface area contributed by atoms with Crippen LogP contribution in [0.25, 0.3) is 0 Å². The Morgan fingerprint density at radius 1 is 1.25 bits per heavy atom. The lowest BCUT2D eigenvalue weighted by Gasteiger charge is -2.29. The second-order valence-electron chi connectivity index (χ2n) is 5.24. The molecule has 0 radical (unpaired) electrons. The van der Waals surface area contributed by atoms with E-state index in [0.29, 0.717) is 6.61 Å². The first-order valence-corrected chi connectivity index (χ1v) is 7.10. The molecule has 2 N–H and O–H groups in total. The van der Waals surface area contributed by atoms with Crippen molar-refractivity contribution in [1.29, 1.82) is 0 Å². The smallest absolute Gasteiger partial charge is 0.237 e. The molecule has 1 saturated heterocycles. The lowest BCUT2D eigenvalue weighted by atomic mass is 9.99. The van der Waals surface area contributed by atoms with Crippen molar-refractivity contribution >= 4 is 18.3 Å². The number of benzene rings is 1. The monoisotopic (exact) mass is 296 g/mol. The van der Waals surface area contributed by atoms with Crippen LogP contribution >= 0.6 is 12.4 Å². The summed E-state index contributed by atoms with van der Waals surface area (Å²) in [6.07, 6.45) is 4.09. The van der Waals surface area contributed by atoms with Crippen LogP contribution in [0.4, 0.5) is 0 Å². The van der Waals surface area contributed by atoms with Gasteiger partial charge in [-0.1, -0.05) is 24.6 Å². The van der Waals surface area contributed by atoms with Gasteiger partial charge in [-0.05, 0) is 25.5 Å². The van der Waals surface area contributed by atoms with Crippen LogP contribution in [-0.4, -0.2) is 25.1 Å². The zero-order valence-electron chi connectivity index (χ0n) is 11.4. The van der Waals surface area contributed by atoms with Gasteiger partial charge in [0.25, 0.3) is 0 Å². The number of amides is 1. The average Bonchev–Trinajstić information content (AvgIpc) is 2.48. The predicted molar refractivity (Wildman–Crippen MR) is 80.3 cm³/mol. The highest BCUT2D eigenvalue weighted by molar-refractivity contribution is 5.85. The summed E-state index contributed by atoms with van der Waals surface area (Å²) in [5, 5.41) is 6.45. The second-order valence-corrected chi connectivity index (χ2v) is 5.24.